The minimum Gasteiger partial charge on any atom is -0.481 e. The first-order valence-corrected chi connectivity index (χ1v) is 5.75. The van der Waals surface area contributed by atoms with Crippen LogP contribution in [0.25, 0.3) is 0 Å². The summed E-state index contributed by atoms with van der Waals surface area (Å²) in [6.07, 6.45) is 3.82. The highest BCUT2D eigenvalue weighted by atomic mass is 16.4. The van der Waals surface area contributed by atoms with Crippen molar-refractivity contribution in [1.82, 2.24) is 20.4 Å². The van der Waals surface area contributed by atoms with Gasteiger partial charge in [0.1, 0.15) is 0 Å². The number of H-pyrrole nitrogens is 1. The molecule has 98 valence electrons. The summed E-state index contributed by atoms with van der Waals surface area (Å²) in [4.78, 5) is 24.4. The van der Waals surface area contributed by atoms with Crippen LogP contribution in [-0.4, -0.2) is 45.3 Å². The van der Waals surface area contributed by atoms with Crippen molar-refractivity contribution < 1.29 is 14.7 Å². The summed E-state index contributed by atoms with van der Waals surface area (Å²) in [6, 6.07) is -0.235. The number of amides is 2. The second-order valence-electron chi connectivity index (χ2n) is 4.80. The van der Waals surface area contributed by atoms with Gasteiger partial charge >= 0.3 is 12.0 Å². The van der Waals surface area contributed by atoms with Gasteiger partial charge in [-0.1, -0.05) is 0 Å². The number of nitrogens with one attached hydrogen (secondary N) is 2. The number of carbonyl (C=O) groups is 2. The van der Waals surface area contributed by atoms with Gasteiger partial charge in [0.25, 0.3) is 0 Å². The van der Waals surface area contributed by atoms with Gasteiger partial charge in [-0.15, -0.1) is 0 Å². The van der Waals surface area contributed by atoms with E-state index in [4.69, 9.17) is 5.11 Å². The third-order valence-electron chi connectivity index (χ3n) is 3.28. The number of carbonyl (C=O) groups excluding carboxylic acids is 1. The highest BCUT2D eigenvalue weighted by molar-refractivity contribution is 5.79. The van der Waals surface area contributed by atoms with E-state index in [9.17, 15) is 9.59 Å². The number of rotatable bonds is 3. The molecule has 18 heavy (non-hydrogen) atoms. The van der Waals surface area contributed by atoms with E-state index in [-0.39, 0.29) is 12.6 Å². The average Bonchev–Trinajstić information content (AvgIpc) is 2.95. The summed E-state index contributed by atoms with van der Waals surface area (Å²) in [5, 5.41) is 18.3. The first-order chi connectivity index (χ1) is 8.51. The maximum atomic E-state index is 11.8. The lowest BCUT2D eigenvalue weighted by atomic mass is 9.90. The van der Waals surface area contributed by atoms with Crippen molar-refractivity contribution in [2.24, 2.45) is 5.41 Å². The number of carboxylic acids is 1. The Hall–Kier alpha value is -2.05. The standard InChI is InChI=1S/C11H16N4O3/c1-11(9(16)17)2-3-15(7-11)10(18)12-4-8-5-13-14-6-8/h5-6H,2-4,7H2,1H3,(H,12,18)(H,13,14)(H,16,17). The Morgan fingerprint density at radius 3 is 3.00 bits per heavy atom. The minimum absolute atomic E-state index is 0.235. The Morgan fingerprint density at radius 1 is 1.67 bits per heavy atom. The Bertz CT molecular complexity index is 445. The fraction of sp³-hybridized carbons (Fsp3) is 0.545. The van der Waals surface area contributed by atoms with Gasteiger partial charge in [0, 0.05) is 31.4 Å². The van der Waals surface area contributed by atoms with E-state index < -0.39 is 11.4 Å². The number of urea groups is 1. The molecule has 1 unspecified atom stereocenters. The molecule has 0 radical (unpaired) electrons. The van der Waals surface area contributed by atoms with Crippen LogP contribution in [0.15, 0.2) is 12.4 Å². The molecule has 3 N–H and O–H groups in total. The van der Waals surface area contributed by atoms with E-state index in [1.807, 2.05) is 0 Å². The molecule has 0 aliphatic carbocycles. The molecule has 2 rings (SSSR count). The van der Waals surface area contributed by atoms with Gasteiger partial charge in [0.15, 0.2) is 0 Å². The lowest BCUT2D eigenvalue weighted by molar-refractivity contribution is -0.146. The van der Waals surface area contributed by atoms with Crippen molar-refractivity contribution >= 4 is 12.0 Å². The molecule has 0 aromatic carbocycles. The van der Waals surface area contributed by atoms with Gasteiger partial charge in [0.2, 0.25) is 0 Å². The number of aromatic nitrogens is 2. The predicted octanol–water partition coefficient (Wildman–Crippen LogP) is 0.416. The van der Waals surface area contributed by atoms with Crippen molar-refractivity contribution in [1.29, 1.82) is 0 Å². The fourth-order valence-electron chi connectivity index (χ4n) is 1.97. The molecule has 2 heterocycles. The van der Waals surface area contributed by atoms with E-state index >= 15 is 0 Å². The molecule has 1 aromatic heterocycles. The van der Waals surface area contributed by atoms with Crippen LogP contribution in [0, 0.1) is 5.41 Å². The number of hydrogen-bond donors (Lipinski definition) is 3. The zero-order valence-corrected chi connectivity index (χ0v) is 10.1. The second-order valence-corrected chi connectivity index (χ2v) is 4.80. The van der Waals surface area contributed by atoms with E-state index in [2.05, 4.69) is 15.5 Å². The zero-order valence-electron chi connectivity index (χ0n) is 10.1. The number of hydrogen-bond acceptors (Lipinski definition) is 3. The smallest absolute Gasteiger partial charge is 0.317 e. The Labute approximate surface area is 104 Å². The normalized spacial score (nSPS) is 23.1. The van der Waals surface area contributed by atoms with Crippen molar-refractivity contribution in [2.45, 2.75) is 19.9 Å². The molecule has 1 aliphatic rings. The highest BCUT2D eigenvalue weighted by Crippen LogP contribution is 2.29. The van der Waals surface area contributed by atoms with Gasteiger partial charge in [-0.2, -0.15) is 5.10 Å². The Kier molecular flexibility index (Phi) is 3.22. The highest BCUT2D eigenvalue weighted by Gasteiger charge is 2.42. The molecule has 1 saturated heterocycles. The van der Waals surface area contributed by atoms with Crippen molar-refractivity contribution in [3.05, 3.63) is 18.0 Å². The van der Waals surface area contributed by atoms with Crippen LogP contribution in [0.2, 0.25) is 0 Å². The van der Waals surface area contributed by atoms with Crippen LogP contribution >= 0.6 is 0 Å². The zero-order chi connectivity index (χ0) is 13.2. The molecule has 2 amide bonds. The maximum absolute atomic E-state index is 11.8. The number of carboxylic acid groups (broad SMARTS) is 1. The summed E-state index contributed by atoms with van der Waals surface area (Å²) >= 11 is 0. The van der Waals surface area contributed by atoms with E-state index in [0.717, 1.165) is 5.56 Å². The van der Waals surface area contributed by atoms with E-state index in [1.165, 1.54) is 4.90 Å². The number of nitrogens with zero attached hydrogens (tertiary/aromatic N) is 2. The Morgan fingerprint density at radius 2 is 2.44 bits per heavy atom. The number of aromatic amines is 1. The molecular formula is C11H16N4O3. The summed E-state index contributed by atoms with van der Waals surface area (Å²) in [7, 11) is 0. The van der Waals surface area contributed by atoms with Crippen LogP contribution in [0.5, 0.6) is 0 Å². The molecule has 1 aromatic rings. The monoisotopic (exact) mass is 252 g/mol. The van der Waals surface area contributed by atoms with Crippen LogP contribution < -0.4 is 5.32 Å². The third-order valence-corrected chi connectivity index (χ3v) is 3.28. The second kappa shape index (κ2) is 4.67. The lowest BCUT2D eigenvalue weighted by Gasteiger charge is -2.20. The van der Waals surface area contributed by atoms with Crippen LogP contribution in [-0.2, 0) is 11.3 Å². The largest absolute Gasteiger partial charge is 0.481 e. The number of likely N-dealkylation sites (tertiary alicyclic amines) is 1. The first-order valence-electron chi connectivity index (χ1n) is 5.75. The topological polar surface area (TPSA) is 98.3 Å². The molecular weight excluding hydrogens is 236 g/mol. The number of aliphatic carboxylic acids is 1. The van der Waals surface area contributed by atoms with Gasteiger partial charge in [-0.25, -0.2) is 4.79 Å². The molecule has 7 heteroatoms. The third kappa shape index (κ3) is 2.44. The van der Waals surface area contributed by atoms with Crippen LogP contribution in [0.3, 0.4) is 0 Å². The lowest BCUT2D eigenvalue weighted by Crippen LogP contribution is -2.40. The van der Waals surface area contributed by atoms with E-state index in [0.29, 0.717) is 19.5 Å². The summed E-state index contributed by atoms with van der Waals surface area (Å²) in [5.41, 5.74) is 0.0519. The van der Waals surface area contributed by atoms with Crippen molar-refractivity contribution in [2.75, 3.05) is 13.1 Å². The summed E-state index contributed by atoms with van der Waals surface area (Å²) in [5.74, 6) is -0.854. The van der Waals surface area contributed by atoms with Crippen LogP contribution in [0.4, 0.5) is 4.79 Å². The first kappa shape index (κ1) is 12.4. The Balaban J connectivity index is 1.86. The van der Waals surface area contributed by atoms with Gasteiger partial charge in [0.05, 0.1) is 11.6 Å². The summed E-state index contributed by atoms with van der Waals surface area (Å²) < 4.78 is 0. The fourth-order valence-corrected chi connectivity index (χ4v) is 1.97. The SMILES string of the molecule is CC1(C(=O)O)CCN(C(=O)NCc2cn[nH]c2)C1. The van der Waals surface area contributed by atoms with Crippen molar-refractivity contribution in [3.8, 4) is 0 Å². The van der Waals surface area contributed by atoms with Gasteiger partial charge in [-0.05, 0) is 13.3 Å². The molecule has 0 bridgehead atoms. The molecule has 0 spiro atoms. The van der Waals surface area contributed by atoms with Crippen molar-refractivity contribution in [3.63, 3.8) is 0 Å². The molecule has 1 fully saturated rings. The quantitative estimate of drug-likeness (QED) is 0.725. The van der Waals surface area contributed by atoms with Crippen LogP contribution in [0.1, 0.15) is 18.9 Å². The molecule has 1 atom stereocenters. The predicted molar refractivity (Wildman–Crippen MR) is 62.8 cm³/mol. The molecule has 1 aliphatic heterocycles. The average molecular weight is 252 g/mol. The minimum atomic E-state index is -0.854. The maximum Gasteiger partial charge on any atom is 0.317 e. The molecule has 0 saturated carbocycles. The molecule has 7 nitrogen and oxygen atoms in total. The summed E-state index contributed by atoms with van der Waals surface area (Å²) in [6.45, 7) is 2.77. The van der Waals surface area contributed by atoms with Gasteiger partial charge < -0.3 is 15.3 Å². The van der Waals surface area contributed by atoms with Gasteiger partial charge in [-0.3, -0.25) is 9.89 Å². The van der Waals surface area contributed by atoms with E-state index in [1.54, 1.807) is 19.3 Å².